The van der Waals surface area contributed by atoms with E-state index in [-0.39, 0.29) is 0 Å². The van der Waals surface area contributed by atoms with Crippen LogP contribution in [0.25, 0.3) is 0 Å². The van der Waals surface area contributed by atoms with Crippen molar-refractivity contribution in [3.63, 3.8) is 0 Å². The molecule has 1 aromatic carbocycles. The third kappa shape index (κ3) is 9.35. The molecule has 0 spiro atoms. The largest absolute Gasteiger partial charge is 0.317 e. The second-order valence-corrected chi connectivity index (χ2v) is 8.29. The minimum atomic E-state index is 0.803. The van der Waals surface area contributed by atoms with Crippen LogP contribution >= 0.6 is 0 Å². The summed E-state index contributed by atoms with van der Waals surface area (Å²) in [7, 11) is 0. The highest BCUT2D eigenvalue weighted by molar-refractivity contribution is 5.22. The summed E-state index contributed by atoms with van der Waals surface area (Å²) in [6.07, 6.45) is 8.38. The first-order valence-electron chi connectivity index (χ1n) is 11.7. The average molecular weight is 410 g/mol. The predicted octanol–water partition coefficient (Wildman–Crippen LogP) is 3.32. The zero-order valence-electron chi connectivity index (χ0n) is 18.4. The Morgan fingerprint density at radius 2 is 1.47 bits per heavy atom. The van der Waals surface area contributed by atoms with Crippen molar-refractivity contribution in [1.29, 1.82) is 0 Å². The van der Waals surface area contributed by atoms with E-state index >= 15 is 0 Å². The molecule has 30 heavy (non-hydrogen) atoms. The number of nitrogens with one attached hydrogen (secondary N) is 3. The summed E-state index contributed by atoms with van der Waals surface area (Å²) in [5.41, 5.74) is 3.80. The summed E-state index contributed by atoms with van der Waals surface area (Å²) in [4.78, 5) is 6.95. The lowest BCUT2D eigenvalue weighted by Gasteiger charge is -2.23. The Hall–Kier alpha value is -1.79. The van der Waals surface area contributed by atoms with Crippen molar-refractivity contribution < 1.29 is 0 Å². The SMILES string of the molecule is c1ccc(CNCc2ccc(CN3CCCNCCCCCCNCC3)cc2)nc1. The summed E-state index contributed by atoms with van der Waals surface area (Å²) >= 11 is 0. The lowest BCUT2D eigenvalue weighted by Crippen LogP contribution is -2.34. The van der Waals surface area contributed by atoms with Crippen LogP contribution in [0.3, 0.4) is 0 Å². The topological polar surface area (TPSA) is 52.2 Å². The maximum atomic E-state index is 4.36. The first kappa shape index (κ1) is 22.9. The molecule has 164 valence electrons. The Balaban J connectivity index is 1.42. The van der Waals surface area contributed by atoms with Crippen LogP contribution in [0.1, 0.15) is 48.9 Å². The maximum absolute atomic E-state index is 4.36. The van der Waals surface area contributed by atoms with Crippen molar-refractivity contribution in [1.82, 2.24) is 25.8 Å². The van der Waals surface area contributed by atoms with E-state index in [0.717, 1.165) is 58.1 Å². The monoisotopic (exact) mass is 409 g/mol. The fourth-order valence-corrected chi connectivity index (χ4v) is 3.90. The summed E-state index contributed by atoms with van der Waals surface area (Å²) in [5, 5.41) is 10.7. The van der Waals surface area contributed by atoms with Gasteiger partial charge in [0.1, 0.15) is 0 Å². The van der Waals surface area contributed by atoms with E-state index in [1.54, 1.807) is 0 Å². The molecule has 1 saturated heterocycles. The number of hydrogen-bond donors (Lipinski definition) is 3. The van der Waals surface area contributed by atoms with E-state index in [9.17, 15) is 0 Å². The smallest absolute Gasteiger partial charge is 0.0541 e. The predicted molar refractivity (Wildman–Crippen MR) is 125 cm³/mol. The molecule has 0 radical (unpaired) electrons. The van der Waals surface area contributed by atoms with Crippen LogP contribution in [0.5, 0.6) is 0 Å². The standard InChI is InChI=1S/C25H39N5/c1-2-5-14-27-17-19-30(18-7-15-26-13-4-1)22-24-11-9-23(10-12-24)20-28-21-25-8-3-6-16-29-25/h3,6,8-12,16,26-28H,1-2,4-5,7,13-15,17-22H2. The fourth-order valence-electron chi connectivity index (χ4n) is 3.90. The molecule has 1 aromatic heterocycles. The average Bonchev–Trinajstić information content (AvgIpc) is 2.78. The number of benzene rings is 1. The second kappa shape index (κ2) is 14.3. The zero-order chi connectivity index (χ0) is 20.7. The molecule has 2 aromatic rings. The van der Waals surface area contributed by atoms with Gasteiger partial charge in [0, 0.05) is 38.9 Å². The molecule has 0 bridgehead atoms. The Kier molecular flexibility index (Phi) is 10.9. The number of nitrogens with zero attached hydrogens (tertiary/aromatic N) is 2. The highest BCUT2D eigenvalue weighted by Gasteiger charge is 2.07. The molecule has 1 aliphatic rings. The number of aromatic nitrogens is 1. The minimum Gasteiger partial charge on any atom is -0.317 e. The highest BCUT2D eigenvalue weighted by Crippen LogP contribution is 2.09. The van der Waals surface area contributed by atoms with Crippen LogP contribution in [0, 0.1) is 0 Å². The van der Waals surface area contributed by atoms with Gasteiger partial charge in [0.15, 0.2) is 0 Å². The van der Waals surface area contributed by atoms with Gasteiger partial charge < -0.3 is 16.0 Å². The molecule has 5 heteroatoms. The van der Waals surface area contributed by atoms with Crippen LogP contribution in [-0.2, 0) is 19.6 Å². The van der Waals surface area contributed by atoms with Gasteiger partial charge in [-0.25, -0.2) is 0 Å². The van der Waals surface area contributed by atoms with E-state index in [0.29, 0.717) is 0 Å². The molecule has 0 unspecified atom stereocenters. The van der Waals surface area contributed by atoms with E-state index in [4.69, 9.17) is 0 Å². The fraction of sp³-hybridized carbons (Fsp3) is 0.560. The number of rotatable bonds is 6. The minimum absolute atomic E-state index is 0.803. The van der Waals surface area contributed by atoms with Crippen molar-refractivity contribution in [3.05, 3.63) is 65.5 Å². The third-order valence-electron chi connectivity index (χ3n) is 5.68. The van der Waals surface area contributed by atoms with Crippen molar-refractivity contribution >= 4 is 0 Å². The molecule has 2 heterocycles. The third-order valence-corrected chi connectivity index (χ3v) is 5.68. The molecule has 3 rings (SSSR count). The van der Waals surface area contributed by atoms with Gasteiger partial charge in [-0.15, -0.1) is 0 Å². The molecule has 5 nitrogen and oxygen atoms in total. The van der Waals surface area contributed by atoms with Crippen LogP contribution in [0.15, 0.2) is 48.7 Å². The lowest BCUT2D eigenvalue weighted by molar-refractivity contribution is 0.259. The molecule has 0 amide bonds. The zero-order valence-corrected chi connectivity index (χ0v) is 18.4. The molecule has 1 aliphatic heterocycles. The van der Waals surface area contributed by atoms with Crippen LogP contribution in [0.2, 0.25) is 0 Å². The van der Waals surface area contributed by atoms with Gasteiger partial charge in [0.2, 0.25) is 0 Å². The molecular formula is C25H39N5. The second-order valence-electron chi connectivity index (χ2n) is 8.29. The van der Waals surface area contributed by atoms with Gasteiger partial charge >= 0.3 is 0 Å². The Morgan fingerprint density at radius 1 is 0.733 bits per heavy atom. The van der Waals surface area contributed by atoms with Crippen LogP contribution < -0.4 is 16.0 Å². The normalized spacial score (nSPS) is 18.0. The van der Waals surface area contributed by atoms with Gasteiger partial charge in [-0.05, 0) is 68.7 Å². The van der Waals surface area contributed by atoms with Crippen molar-refractivity contribution in [3.8, 4) is 0 Å². The molecular weight excluding hydrogens is 370 g/mol. The Bertz CT molecular complexity index is 660. The van der Waals surface area contributed by atoms with E-state index in [2.05, 4.69) is 56.2 Å². The number of pyridine rings is 1. The van der Waals surface area contributed by atoms with Crippen molar-refractivity contribution in [2.24, 2.45) is 0 Å². The highest BCUT2D eigenvalue weighted by atomic mass is 15.1. The van der Waals surface area contributed by atoms with Crippen molar-refractivity contribution in [2.75, 3.05) is 39.3 Å². The lowest BCUT2D eigenvalue weighted by atomic mass is 10.1. The van der Waals surface area contributed by atoms with Crippen molar-refractivity contribution in [2.45, 2.75) is 51.7 Å². The van der Waals surface area contributed by atoms with E-state index in [1.165, 1.54) is 49.8 Å². The molecule has 0 aliphatic carbocycles. The molecule has 0 saturated carbocycles. The van der Waals surface area contributed by atoms with E-state index < -0.39 is 0 Å². The molecule has 0 atom stereocenters. The van der Waals surface area contributed by atoms with Gasteiger partial charge in [-0.1, -0.05) is 43.2 Å². The molecule has 1 fully saturated rings. The number of hydrogen-bond acceptors (Lipinski definition) is 5. The first-order chi connectivity index (χ1) is 14.9. The summed E-state index contributed by atoms with van der Waals surface area (Å²) in [6.45, 7) is 9.52. The van der Waals surface area contributed by atoms with Gasteiger partial charge in [-0.3, -0.25) is 9.88 Å². The summed E-state index contributed by atoms with van der Waals surface area (Å²) < 4.78 is 0. The Morgan fingerprint density at radius 3 is 2.23 bits per heavy atom. The van der Waals surface area contributed by atoms with Gasteiger partial charge in [-0.2, -0.15) is 0 Å². The molecule has 3 N–H and O–H groups in total. The van der Waals surface area contributed by atoms with Gasteiger partial charge in [0.05, 0.1) is 5.69 Å². The first-order valence-corrected chi connectivity index (χ1v) is 11.7. The van der Waals surface area contributed by atoms with Crippen LogP contribution in [-0.4, -0.2) is 49.2 Å². The van der Waals surface area contributed by atoms with Gasteiger partial charge in [0.25, 0.3) is 0 Å². The maximum Gasteiger partial charge on any atom is 0.0541 e. The van der Waals surface area contributed by atoms with Crippen LogP contribution in [0.4, 0.5) is 0 Å². The van der Waals surface area contributed by atoms with E-state index in [1.807, 2.05) is 18.3 Å². The summed E-state index contributed by atoms with van der Waals surface area (Å²) in [5.74, 6) is 0. The Labute approximate surface area is 182 Å². The quantitative estimate of drug-likeness (QED) is 0.683. The summed E-state index contributed by atoms with van der Waals surface area (Å²) in [6, 6.07) is 15.1.